The van der Waals surface area contributed by atoms with E-state index in [9.17, 15) is 4.79 Å². The number of thioether (sulfide) groups is 1. The molecule has 0 fully saturated rings. The number of carbonyl (C=O) groups is 1. The van der Waals surface area contributed by atoms with Crippen LogP contribution >= 0.6 is 40.1 Å². The van der Waals surface area contributed by atoms with Crippen LogP contribution in [-0.2, 0) is 4.79 Å². The molecule has 1 rings (SSSR count). The lowest BCUT2D eigenvalue weighted by atomic mass is 10.2. The fraction of sp³-hybridized carbons (Fsp3) is 0.462. The molecule has 3 nitrogen and oxygen atoms in total. The highest BCUT2D eigenvalue weighted by Gasteiger charge is 2.05. The molecule has 0 aliphatic rings. The van der Waals surface area contributed by atoms with Gasteiger partial charge in [0, 0.05) is 28.1 Å². The van der Waals surface area contributed by atoms with E-state index >= 15 is 0 Å². The van der Waals surface area contributed by atoms with Crippen LogP contribution in [0.3, 0.4) is 0 Å². The van der Waals surface area contributed by atoms with Gasteiger partial charge in [-0.2, -0.15) is 0 Å². The lowest BCUT2D eigenvalue weighted by Crippen LogP contribution is -2.31. The van der Waals surface area contributed by atoms with Gasteiger partial charge in [-0.05, 0) is 40.5 Å². The van der Waals surface area contributed by atoms with Crippen LogP contribution < -0.4 is 11.1 Å². The number of nitrogens with two attached hydrogens (primary N) is 1. The second-order valence-electron chi connectivity index (χ2n) is 4.17. The molecule has 0 radical (unpaired) electrons. The van der Waals surface area contributed by atoms with Crippen molar-refractivity contribution in [1.82, 2.24) is 5.32 Å². The van der Waals surface area contributed by atoms with Gasteiger partial charge in [-0.15, -0.1) is 24.2 Å². The average molecular weight is 368 g/mol. The monoisotopic (exact) mass is 366 g/mol. The van der Waals surface area contributed by atoms with Crippen molar-refractivity contribution in [2.24, 2.45) is 11.7 Å². The molecule has 6 heteroatoms. The van der Waals surface area contributed by atoms with E-state index in [1.165, 1.54) is 4.90 Å². The van der Waals surface area contributed by atoms with Gasteiger partial charge in [0.2, 0.25) is 5.91 Å². The number of carbonyl (C=O) groups excluding carboxylic acids is 1. The van der Waals surface area contributed by atoms with Crippen LogP contribution in [-0.4, -0.2) is 24.7 Å². The molecule has 1 aromatic carbocycles. The molecule has 1 unspecified atom stereocenters. The van der Waals surface area contributed by atoms with Gasteiger partial charge in [0.1, 0.15) is 0 Å². The van der Waals surface area contributed by atoms with E-state index < -0.39 is 0 Å². The Bertz CT molecular complexity index is 393. The van der Waals surface area contributed by atoms with Crippen molar-refractivity contribution in [1.29, 1.82) is 0 Å². The summed E-state index contributed by atoms with van der Waals surface area (Å²) in [5.41, 5.74) is 5.49. The lowest BCUT2D eigenvalue weighted by molar-refractivity contribution is -0.120. The number of hydrogen-bond acceptors (Lipinski definition) is 3. The second kappa shape index (κ2) is 10.5. The summed E-state index contributed by atoms with van der Waals surface area (Å²) in [5.74, 6) is 1.21. The standard InChI is InChI=1S/C13H19BrN2OS.ClH/c1-10(8-15)9-16-13(17)6-7-18-12-5-3-2-4-11(12)14;/h2-5,10H,6-9,15H2,1H3,(H,16,17);1H. The molecule has 19 heavy (non-hydrogen) atoms. The molecule has 1 amide bonds. The topological polar surface area (TPSA) is 55.1 Å². The van der Waals surface area contributed by atoms with Gasteiger partial charge >= 0.3 is 0 Å². The lowest BCUT2D eigenvalue weighted by Gasteiger charge is -2.10. The smallest absolute Gasteiger partial charge is 0.220 e. The third kappa shape index (κ3) is 7.82. The Labute approximate surface area is 133 Å². The van der Waals surface area contributed by atoms with E-state index in [1.807, 2.05) is 31.2 Å². The fourth-order valence-electron chi connectivity index (χ4n) is 1.28. The van der Waals surface area contributed by atoms with Crippen LogP contribution in [0.2, 0.25) is 0 Å². The molecule has 0 heterocycles. The summed E-state index contributed by atoms with van der Waals surface area (Å²) >= 11 is 5.17. The highest BCUT2D eigenvalue weighted by molar-refractivity contribution is 9.10. The second-order valence-corrected chi connectivity index (χ2v) is 6.16. The third-order valence-corrected chi connectivity index (χ3v) is 4.50. The number of hydrogen-bond donors (Lipinski definition) is 2. The summed E-state index contributed by atoms with van der Waals surface area (Å²) in [6.45, 7) is 3.29. The van der Waals surface area contributed by atoms with Crippen molar-refractivity contribution in [3.05, 3.63) is 28.7 Å². The van der Waals surface area contributed by atoms with E-state index in [0.29, 0.717) is 25.4 Å². The highest BCUT2D eigenvalue weighted by atomic mass is 79.9. The predicted octanol–water partition coefficient (Wildman–Crippen LogP) is 3.06. The summed E-state index contributed by atoms with van der Waals surface area (Å²) in [4.78, 5) is 12.7. The zero-order valence-corrected chi connectivity index (χ0v) is 14.1. The molecule has 0 spiro atoms. The maximum atomic E-state index is 11.6. The van der Waals surface area contributed by atoms with Crippen LogP contribution in [0.25, 0.3) is 0 Å². The first-order valence-electron chi connectivity index (χ1n) is 5.97. The van der Waals surface area contributed by atoms with Crippen LogP contribution in [0.4, 0.5) is 0 Å². The first kappa shape index (κ1) is 18.8. The minimum absolute atomic E-state index is 0. The molecule has 1 atom stereocenters. The van der Waals surface area contributed by atoms with Gasteiger partial charge in [0.15, 0.2) is 0 Å². The molecular weight excluding hydrogens is 348 g/mol. The molecule has 0 saturated heterocycles. The van der Waals surface area contributed by atoms with Crippen molar-refractivity contribution in [2.45, 2.75) is 18.2 Å². The fourth-order valence-corrected chi connectivity index (χ4v) is 2.79. The Kier molecular flexibility index (Phi) is 10.4. The molecule has 0 bridgehead atoms. The summed E-state index contributed by atoms with van der Waals surface area (Å²) in [6.07, 6.45) is 0.531. The zero-order valence-electron chi connectivity index (χ0n) is 10.9. The van der Waals surface area contributed by atoms with Gasteiger partial charge in [0.25, 0.3) is 0 Å². The summed E-state index contributed by atoms with van der Waals surface area (Å²) in [7, 11) is 0. The zero-order chi connectivity index (χ0) is 13.4. The maximum absolute atomic E-state index is 11.6. The number of amides is 1. The van der Waals surface area contributed by atoms with Crippen LogP contribution in [0.1, 0.15) is 13.3 Å². The first-order chi connectivity index (χ1) is 8.63. The first-order valence-corrected chi connectivity index (χ1v) is 7.75. The van der Waals surface area contributed by atoms with Gasteiger partial charge in [-0.3, -0.25) is 4.79 Å². The summed E-state index contributed by atoms with van der Waals surface area (Å²) in [5, 5.41) is 2.89. The van der Waals surface area contributed by atoms with Crippen molar-refractivity contribution in [2.75, 3.05) is 18.8 Å². The van der Waals surface area contributed by atoms with Crippen molar-refractivity contribution >= 4 is 46.0 Å². The number of benzene rings is 1. The number of nitrogens with one attached hydrogen (secondary N) is 1. The molecular formula is C13H20BrClN2OS. The van der Waals surface area contributed by atoms with Gasteiger partial charge in [-0.25, -0.2) is 0 Å². The SMILES string of the molecule is CC(CN)CNC(=O)CCSc1ccccc1Br.Cl. The molecule has 0 aliphatic carbocycles. The molecule has 108 valence electrons. The molecule has 1 aromatic rings. The molecule has 3 N–H and O–H groups in total. The normalized spacial score (nSPS) is 11.5. The average Bonchev–Trinajstić information content (AvgIpc) is 2.38. The quantitative estimate of drug-likeness (QED) is 0.728. The number of halogens is 2. The Morgan fingerprint density at radius 3 is 2.79 bits per heavy atom. The Hall–Kier alpha value is -0.230. The van der Waals surface area contributed by atoms with Crippen molar-refractivity contribution < 1.29 is 4.79 Å². The molecule has 0 aliphatic heterocycles. The molecule has 0 saturated carbocycles. The third-order valence-electron chi connectivity index (χ3n) is 2.47. The van der Waals surface area contributed by atoms with E-state index in [1.54, 1.807) is 11.8 Å². The van der Waals surface area contributed by atoms with Gasteiger partial charge < -0.3 is 11.1 Å². The van der Waals surface area contributed by atoms with Crippen LogP contribution in [0, 0.1) is 5.92 Å². The van der Waals surface area contributed by atoms with Gasteiger partial charge in [0.05, 0.1) is 0 Å². The Morgan fingerprint density at radius 1 is 1.47 bits per heavy atom. The summed E-state index contributed by atoms with van der Waals surface area (Å²) in [6, 6.07) is 8.03. The van der Waals surface area contributed by atoms with E-state index in [-0.39, 0.29) is 18.3 Å². The maximum Gasteiger partial charge on any atom is 0.220 e. The Balaban J connectivity index is 0.00000324. The Morgan fingerprint density at radius 2 is 2.16 bits per heavy atom. The predicted molar refractivity (Wildman–Crippen MR) is 88.0 cm³/mol. The highest BCUT2D eigenvalue weighted by Crippen LogP contribution is 2.27. The van der Waals surface area contributed by atoms with Gasteiger partial charge in [-0.1, -0.05) is 19.1 Å². The van der Waals surface area contributed by atoms with E-state index in [2.05, 4.69) is 21.2 Å². The minimum atomic E-state index is 0. The largest absolute Gasteiger partial charge is 0.356 e. The van der Waals surface area contributed by atoms with E-state index in [4.69, 9.17) is 5.73 Å². The van der Waals surface area contributed by atoms with E-state index in [0.717, 1.165) is 10.2 Å². The minimum Gasteiger partial charge on any atom is -0.356 e. The van der Waals surface area contributed by atoms with Crippen molar-refractivity contribution in [3.63, 3.8) is 0 Å². The van der Waals surface area contributed by atoms with Crippen LogP contribution in [0.5, 0.6) is 0 Å². The van der Waals surface area contributed by atoms with Crippen LogP contribution in [0.15, 0.2) is 33.6 Å². The van der Waals surface area contributed by atoms with Crippen molar-refractivity contribution in [3.8, 4) is 0 Å². The molecule has 0 aromatic heterocycles. The number of rotatable bonds is 7. The summed E-state index contributed by atoms with van der Waals surface area (Å²) < 4.78 is 1.08.